The minimum absolute atomic E-state index is 0.365. The molecule has 0 spiro atoms. The summed E-state index contributed by atoms with van der Waals surface area (Å²) >= 11 is 0. The van der Waals surface area contributed by atoms with Gasteiger partial charge in [0.2, 0.25) is 0 Å². The van der Waals surface area contributed by atoms with Gasteiger partial charge in [-0.05, 0) is 6.07 Å². The Labute approximate surface area is 107 Å². The van der Waals surface area contributed by atoms with Gasteiger partial charge in [-0.15, -0.1) is 6.58 Å². The Kier molecular flexibility index (Phi) is 4.30. The predicted octanol–water partition coefficient (Wildman–Crippen LogP) is 1.39. The van der Waals surface area contributed by atoms with Crippen molar-refractivity contribution < 1.29 is 22.4 Å². The van der Waals surface area contributed by atoms with Gasteiger partial charge in [-0.2, -0.15) is 8.42 Å². The number of benzene rings is 1. The summed E-state index contributed by atoms with van der Waals surface area (Å²) in [5, 5.41) is 21.3. The Morgan fingerprint density at radius 2 is 1.89 bits per heavy atom. The van der Waals surface area contributed by atoms with Crippen molar-refractivity contribution in [2.75, 3.05) is 6.61 Å². The number of hydrogen-bond donors (Lipinski definition) is 0. The summed E-state index contributed by atoms with van der Waals surface area (Å²) in [6, 6.07) is 2.16. The summed E-state index contributed by atoms with van der Waals surface area (Å²) in [7, 11) is -4.38. The van der Waals surface area contributed by atoms with E-state index < -0.39 is 36.2 Å². The van der Waals surface area contributed by atoms with Gasteiger partial charge >= 0.3 is 10.1 Å². The van der Waals surface area contributed by atoms with Gasteiger partial charge in [0.15, 0.2) is 4.90 Å². The first-order chi connectivity index (χ1) is 8.79. The van der Waals surface area contributed by atoms with E-state index in [-0.39, 0.29) is 6.61 Å². The maximum atomic E-state index is 11.7. The molecule has 0 aliphatic rings. The summed E-state index contributed by atoms with van der Waals surface area (Å²) in [5.41, 5.74) is -1.51. The molecule has 102 valence electrons. The van der Waals surface area contributed by atoms with Crippen molar-refractivity contribution in [3.8, 4) is 0 Å². The third-order valence-corrected chi connectivity index (χ3v) is 3.29. The monoisotopic (exact) mass is 288 g/mol. The van der Waals surface area contributed by atoms with Gasteiger partial charge in [0, 0.05) is 6.07 Å². The first-order valence-electron chi connectivity index (χ1n) is 4.72. The third-order valence-electron chi connectivity index (χ3n) is 1.96. The average Bonchev–Trinajstić information content (AvgIpc) is 2.35. The molecule has 9 nitrogen and oxygen atoms in total. The fourth-order valence-corrected chi connectivity index (χ4v) is 2.20. The van der Waals surface area contributed by atoms with Crippen LogP contribution in [0.3, 0.4) is 0 Å². The van der Waals surface area contributed by atoms with Crippen molar-refractivity contribution in [1.82, 2.24) is 0 Å². The number of nitro groups is 2. The highest BCUT2D eigenvalue weighted by Crippen LogP contribution is 2.29. The van der Waals surface area contributed by atoms with Gasteiger partial charge < -0.3 is 0 Å². The Hall–Kier alpha value is -2.33. The van der Waals surface area contributed by atoms with Gasteiger partial charge in [0.05, 0.1) is 22.5 Å². The van der Waals surface area contributed by atoms with Crippen LogP contribution in [0.5, 0.6) is 0 Å². The van der Waals surface area contributed by atoms with E-state index >= 15 is 0 Å². The van der Waals surface area contributed by atoms with E-state index in [1.165, 1.54) is 0 Å². The van der Waals surface area contributed by atoms with Gasteiger partial charge in [-0.3, -0.25) is 24.4 Å². The normalized spacial score (nSPS) is 10.9. The molecule has 0 amide bonds. The molecule has 0 bridgehead atoms. The van der Waals surface area contributed by atoms with Crippen molar-refractivity contribution in [2.24, 2.45) is 0 Å². The van der Waals surface area contributed by atoms with Gasteiger partial charge in [0.25, 0.3) is 11.4 Å². The lowest BCUT2D eigenvalue weighted by Gasteiger charge is -2.04. The number of nitro benzene ring substituents is 2. The molecule has 0 radical (unpaired) electrons. The maximum Gasteiger partial charge on any atom is 0.304 e. The molecule has 0 heterocycles. The van der Waals surface area contributed by atoms with Crippen LogP contribution in [0.2, 0.25) is 0 Å². The molecule has 0 N–H and O–H groups in total. The second-order valence-electron chi connectivity index (χ2n) is 3.19. The fraction of sp³-hybridized carbons (Fsp3) is 0.111. The molecule has 19 heavy (non-hydrogen) atoms. The molecule has 10 heteroatoms. The van der Waals surface area contributed by atoms with Crippen LogP contribution in [-0.2, 0) is 14.3 Å². The fourth-order valence-electron chi connectivity index (χ4n) is 1.17. The summed E-state index contributed by atoms with van der Waals surface area (Å²) in [5.74, 6) is 0. The predicted molar refractivity (Wildman–Crippen MR) is 63.1 cm³/mol. The molecule has 0 saturated heterocycles. The molecule has 1 aromatic carbocycles. The molecule has 0 aromatic heterocycles. The number of nitrogens with zero attached hydrogens (tertiary/aromatic N) is 2. The van der Waals surface area contributed by atoms with E-state index in [1.807, 2.05) is 0 Å². The lowest BCUT2D eigenvalue weighted by atomic mass is 10.3. The van der Waals surface area contributed by atoms with Gasteiger partial charge in [0.1, 0.15) is 0 Å². The molecule has 0 saturated carbocycles. The Balaban J connectivity index is 3.39. The van der Waals surface area contributed by atoms with Crippen molar-refractivity contribution >= 4 is 21.5 Å². The van der Waals surface area contributed by atoms with Crippen molar-refractivity contribution in [3.63, 3.8) is 0 Å². The van der Waals surface area contributed by atoms with Crippen molar-refractivity contribution in [3.05, 3.63) is 51.1 Å². The van der Waals surface area contributed by atoms with Crippen LogP contribution in [0.25, 0.3) is 0 Å². The topological polar surface area (TPSA) is 130 Å². The molecule has 1 aromatic rings. The van der Waals surface area contributed by atoms with Crippen LogP contribution in [-0.4, -0.2) is 24.9 Å². The summed E-state index contributed by atoms with van der Waals surface area (Å²) in [6.45, 7) is 2.88. The lowest BCUT2D eigenvalue weighted by molar-refractivity contribution is -0.396. The smallest absolute Gasteiger partial charge is 0.262 e. The quantitative estimate of drug-likeness (QED) is 0.334. The molecule has 0 atom stereocenters. The molecule has 0 aliphatic carbocycles. The average molecular weight is 288 g/mol. The standard InChI is InChI=1S/C9H8N2O7S/c1-2-5-18-19(16,17)9-4-3-7(10(12)13)6-8(9)11(14)15/h2-4,6H,1,5H2. The lowest BCUT2D eigenvalue weighted by Crippen LogP contribution is -2.09. The van der Waals surface area contributed by atoms with E-state index in [0.29, 0.717) is 6.07 Å². The number of rotatable bonds is 6. The highest BCUT2D eigenvalue weighted by Gasteiger charge is 2.29. The largest absolute Gasteiger partial charge is 0.304 e. The van der Waals surface area contributed by atoms with E-state index in [1.54, 1.807) is 0 Å². The SMILES string of the molecule is C=CCOS(=O)(=O)c1ccc([N+](=O)[O-])cc1[N+](=O)[O-]. The highest BCUT2D eigenvalue weighted by atomic mass is 32.2. The summed E-state index contributed by atoms with van der Waals surface area (Å²) < 4.78 is 27.7. The number of hydrogen-bond acceptors (Lipinski definition) is 7. The zero-order chi connectivity index (χ0) is 14.6. The second kappa shape index (κ2) is 5.54. The van der Waals surface area contributed by atoms with E-state index in [2.05, 4.69) is 10.8 Å². The molecule has 0 fully saturated rings. The van der Waals surface area contributed by atoms with Crippen LogP contribution in [0, 0.1) is 20.2 Å². The Morgan fingerprint density at radius 3 is 2.37 bits per heavy atom. The van der Waals surface area contributed by atoms with Gasteiger partial charge in [-0.1, -0.05) is 6.08 Å². The van der Waals surface area contributed by atoms with Crippen LogP contribution in [0.15, 0.2) is 35.7 Å². The van der Waals surface area contributed by atoms with E-state index in [4.69, 9.17) is 0 Å². The minimum Gasteiger partial charge on any atom is -0.262 e. The molecular weight excluding hydrogens is 280 g/mol. The van der Waals surface area contributed by atoms with E-state index in [9.17, 15) is 28.6 Å². The summed E-state index contributed by atoms with van der Waals surface area (Å²) in [4.78, 5) is 18.6. The minimum atomic E-state index is -4.38. The molecule has 0 unspecified atom stereocenters. The summed E-state index contributed by atoms with van der Waals surface area (Å²) in [6.07, 6.45) is 1.15. The van der Waals surface area contributed by atoms with E-state index in [0.717, 1.165) is 18.2 Å². The first kappa shape index (κ1) is 14.7. The Bertz CT molecular complexity index is 638. The molecule has 0 aliphatic heterocycles. The highest BCUT2D eigenvalue weighted by molar-refractivity contribution is 7.87. The second-order valence-corrected chi connectivity index (χ2v) is 4.78. The van der Waals surface area contributed by atoms with Crippen molar-refractivity contribution in [2.45, 2.75) is 4.90 Å². The number of non-ortho nitro benzene ring substituents is 1. The zero-order valence-corrected chi connectivity index (χ0v) is 10.2. The molecule has 1 rings (SSSR count). The zero-order valence-electron chi connectivity index (χ0n) is 9.38. The van der Waals surface area contributed by atoms with Gasteiger partial charge in [-0.25, -0.2) is 0 Å². The first-order valence-corrected chi connectivity index (χ1v) is 6.13. The maximum absolute atomic E-state index is 11.7. The van der Waals surface area contributed by atoms with Crippen LogP contribution in [0.4, 0.5) is 11.4 Å². The van der Waals surface area contributed by atoms with Crippen LogP contribution < -0.4 is 0 Å². The van der Waals surface area contributed by atoms with Crippen LogP contribution >= 0.6 is 0 Å². The Morgan fingerprint density at radius 1 is 1.26 bits per heavy atom. The van der Waals surface area contributed by atoms with Crippen molar-refractivity contribution in [1.29, 1.82) is 0 Å². The van der Waals surface area contributed by atoms with Crippen LogP contribution in [0.1, 0.15) is 0 Å². The third kappa shape index (κ3) is 3.33. The molecular formula is C9H8N2O7S.